The second-order valence-electron chi connectivity index (χ2n) is 13.0. The van der Waals surface area contributed by atoms with Gasteiger partial charge in [-0.1, -0.05) is 60.8 Å². The number of hydrogen-bond donors (Lipinski definition) is 4. The summed E-state index contributed by atoms with van der Waals surface area (Å²) in [5.41, 5.74) is 7.69. The molecule has 12 heteroatoms. The first kappa shape index (κ1) is 38.1. The van der Waals surface area contributed by atoms with Crippen molar-refractivity contribution < 1.29 is 29.3 Å². The molecule has 0 saturated carbocycles. The molecule has 1 aromatic rings. The summed E-state index contributed by atoms with van der Waals surface area (Å²) in [5.74, 6) is 2.82. The van der Waals surface area contributed by atoms with Gasteiger partial charge in [0.1, 0.15) is 6.10 Å². The predicted molar refractivity (Wildman–Crippen MR) is 188 cm³/mol. The number of fused-ring (bicyclic) bond motifs is 4. The zero-order chi connectivity index (χ0) is 33.5. The van der Waals surface area contributed by atoms with Crippen molar-refractivity contribution in [3.8, 4) is 11.5 Å². The molecule has 1 amide bonds. The van der Waals surface area contributed by atoms with Gasteiger partial charge in [-0.15, -0.1) is 0 Å². The lowest BCUT2D eigenvalue weighted by atomic mass is 9.90. The van der Waals surface area contributed by atoms with Gasteiger partial charge in [-0.3, -0.25) is 9.59 Å². The number of nitrogens with two attached hydrogens (primary N) is 1. The second-order valence-corrected chi connectivity index (χ2v) is 15.6. The van der Waals surface area contributed by atoms with Crippen molar-refractivity contribution in [2.45, 2.75) is 123 Å². The first-order valence-corrected chi connectivity index (χ1v) is 19.4. The molecule has 1 aromatic carbocycles. The van der Waals surface area contributed by atoms with Crippen LogP contribution in [0.25, 0.3) is 0 Å². The first-order valence-electron chi connectivity index (χ1n) is 16.9. The Balaban J connectivity index is 1.84. The van der Waals surface area contributed by atoms with Crippen LogP contribution in [0.4, 0.5) is 0 Å². The summed E-state index contributed by atoms with van der Waals surface area (Å²) in [6.07, 6.45) is 8.47. The Morgan fingerprint density at radius 3 is 2.70 bits per heavy atom. The van der Waals surface area contributed by atoms with Crippen molar-refractivity contribution >= 4 is 39.4 Å². The van der Waals surface area contributed by atoms with Gasteiger partial charge in [-0.2, -0.15) is 0 Å². The second kappa shape index (κ2) is 20.1. The normalized spacial score (nSPS) is 25.0. The van der Waals surface area contributed by atoms with Crippen molar-refractivity contribution in [2.24, 2.45) is 22.6 Å². The van der Waals surface area contributed by atoms with E-state index < -0.39 is 12.2 Å². The molecule has 0 unspecified atom stereocenters. The Kier molecular flexibility index (Phi) is 16.7. The van der Waals surface area contributed by atoms with Gasteiger partial charge in [0.15, 0.2) is 17.5 Å². The highest BCUT2D eigenvalue weighted by molar-refractivity contribution is 8.76. The summed E-state index contributed by atoms with van der Waals surface area (Å²) < 4.78 is 11.2. The number of carbonyl (C=O) groups is 2. The lowest BCUT2D eigenvalue weighted by molar-refractivity contribution is -0.148. The van der Waals surface area contributed by atoms with E-state index in [1.54, 1.807) is 27.7 Å². The van der Waals surface area contributed by atoms with Crippen LogP contribution in [-0.2, 0) is 27.3 Å². The number of aliphatic imine (C=N–C) groups is 1. The topological polar surface area (TPSA) is 147 Å². The molecule has 2 heterocycles. The molecule has 260 valence electrons. The van der Waals surface area contributed by atoms with Crippen molar-refractivity contribution in [2.75, 3.05) is 25.3 Å². The molecular formula is C34H56N4O6S2. The maximum absolute atomic E-state index is 13.5. The Morgan fingerprint density at radius 2 is 1.96 bits per heavy atom. The van der Waals surface area contributed by atoms with E-state index in [-0.39, 0.29) is 36.1 Å². The number of hydrogen-bond acceptors (Lipinski definition) is 11. The van der Waals surface area contributed by atoms with E-state index in [1.807, 2.05) is 11.0 Å². The van der Waals surface area contributed by atoms with Gasteiger partial charge in [0.25, 0.3) is 0 Å². The van der Waals surface area contributed by atoms with Crippen LogP contribution in [0, 0.1) is 11.8 Å². The smallest absolute Gasteiger partial charge is 0.302 e. The minimum absolute atomic E-state index is 0.0342. The summed E-state index contributed by atoms with van der Waals surface area (Å²) in [4.78, 5) is 31.7. The average molecular weight is 681 g/mol. The van der Waals surface area contributed by atoms with Crippen molar-refractivity contribution in [3.63, 3.8) is 0 Å². The van der Waals surface area contributed by atoms with Crippen LogP contribution in [0.2, 0.25) is 0 Å². The van der Waals surface area contributed by atoms with E-state index in [9.17, 15) is 19.8 Å². The third-order valence-corrected chi connectivity index (χ3v) is 11.0. The highest BCUT2D eigenvalue weighted by atomic mass is 33.1. The number of nitrogens with one attached hydrogen (secondary N) is 1. The number of rotatable bonds is 5. The maximum Gasteiger partial charge on any atom is 0.302 e. The molecule has 2 aliphatic rings. The highest BCUT2D eigenvalue weighted by Crippen LogP contribution is 2.38. The van der Waals surface area contributed by atoms with Crippen LogP contribution >= 0.6 is 21.6 Å². The van der Waals surface area contributed by atoms with Gasteiger partial charge in [0.05, 0.1) is 19.1 Å². The van der Waals surface area contributed by atoms with Gasteiger partial charge in [-0.25, -0.2) is 4.99 Å². The number of nitrogens with zero attached hydrogens (tertiary/aromatic N) is 2. The fourth-order valence-electron chi connectivity index (χ4n) is 6.38. The van der Waals surface area contributed by atoms with Crippen LogP contribution in [0.15, 0.2) is 17.1 Å². The zero-order valence-corrected chi connectivity index (χ0v) is 29.8. The zero-order valence-electron chi connectivity index (χ0n) is 28.2. The summed E-state index contributed by atoms with van der Waals surface area (Å²) >= 11 is 0. The van der Waals surface area contributed by atoms with E-state index in [0.29, 0.717) is 67.7 Å². The Morgan fingerprint density at radius 1 is 1.17 bits per heavy atom. The molecule has 3 rings (SSSR count). The number of esters is 1. The average Bonchev–Trinajstić information content (AvgIpc) is 3.29. The molecule has 4 bridgehead atoms. The molecule has 10 nitrogen and oxygen atoms in total. The van der Waals surface area contributed by atoms with Crippen LogP contribution in [-0.4, -0.2) is 76.5 Å². The molecule has 4 atom stereocenters. The number of amides is 1. The van der Waals surface area contributed by atoms with E-state index >= 15 is 0 Å². The lowest BCUT2D eigenvalue weighted by Gasteiger charge is -2.30. The van der Waals surface area contributed by atoms with Crippen LogP contribution in [0.5, 0.6) is 11.5 Å². The summed E-state index contributed by atoms with van der Waals surface area (Å²) in [6.45, 7) is 6.71. The van der Waals surface area contributed by atoms with Gasteiger partial charge in [-0.05, 0) is 68.4 Å². The number of aryl methyl sites for hydroxylation is 1. The number of aliphatic hydroxyl groups excluding tert-OH is 1. The minimum Gasteiger partial charge on any atom is -0.504 e. The Labute approximate surface area is 283 Å². The Bertz CT molecular complexity index is 1140. The molecule has 5 N–H and O–H groups in total. The first-order chi connectivity index (χ1) is 22.1. The fraction of sp³-hybridized carbons (Fsp3) is 0.735. The molecule has 0 spiro atoms. The molecule has 0 radical (unpaired) electrons. The molecule has 46 heavy (non-hydrogen) atoms. The molecule has 1 saturated heterocycles. The van der Waals surface area contributed by atoms with Gasteiger partial charge in [0.2, 0.25) is 5.91 Å². The number of benzene rings is 1. The third-order valence-electron chi connectivity index (χ3n) is 8.85. The maximum atomic E-state index is 13.5. The van der Waals surface area contributed by atoms with E-state index in [1.165, 1.54) is 14.0 Å². The number of aliphatic hydroxyl groups is 1. The van der Waals surface area contributed by atoms with E-state index in [0.717, 1.165) is 56.3 Å². The quantitative estimate of drug-likeness (QED) is 0.223. The van der Waals surface area contributed by atoms with Gasteiger partial charge in [0, 0.05) is 50.2 Å². The number of phenolic OH excluding ortho intramolecular Hbond substituents is 1. The summed E-state index contributed by atoms with van der Waals surface area (Å²) in [6, 6.07) is 3.77. The van der Waals surface area contributed by atoms with Crippen LogP contribution in [0.3, 0.4) is 0 Å². The number of phenols is 1. The summed E-state index contributed by atoms with van der Waals surface area (Å²) in [7, 11) is 5.01. The fourth-order valence-corrected chi connectivity index (χ4v) is 8.18. The molecule has 0 aromatic heterocycles. The van der Waals surface area contributed by atoms with E-state index in [2.05, 4.69) is 24.2 Å². The molecule has 1 fully saturated rings. The largest absolute Gasteiger partial charge is 0.504 e. The molecule has 0 aliphatic carbocycles. The van der Waals surface area contributed by atoms with Crippen molar-refractivity contribution in [3.05, 3.63) is 23.3 Å². The Hall–Kier alpha value is -2.31. The van der Waals surface area contributed by atoms with E-state index in [4.69, 9.17) is 15.2 Å². The number of carbonyl (C=O) groups excluding carboxylic acids is 2. The number of methoxy groups -OCH3 is 1. The number of aromatic hydroxyl groups is 1. The highest BCUT2D eigenvalue weighted by Gasteiger charge is 2.39. The number of ether oxygens (including phenoxy) is 2. The lowest BCUT2D eigenvalue weighted by Crippen LogP contribution is -2.37. The van der Waals surface area contributed by atoms with Crippen molar-refractivity contribution in [1.29, 1.82) is 0 Å². The third kappa shape index (κ3) is 13.1. The monoisotopic (exact) mass is 680 g/mol. The predicted octanol–water partition coefficient (Wildman–Crippen LogP) is 5.77. The molecule has 2 aliphatic heterocycles. The number of guanidine groups is 1. The summed E-state index contributed by atoms with van der Waals surface area (Å²) in [5, 5.41) is 25.1. The standard InChI is InChI=1S/C34H56N4O6S2/c1-23(2)10-13-30-26-14-15-36-34(35)37-22-46-45-16-8-6-5-7-9-28(40)20-29(44-24(3)39)12-11-25-17-27(21-38(30)32(41)19-26)33(42)31(18-25)43-4/h17-18,23,26,28-30,40,42H,5-16,19-22H2,1-4H3,(H3,35,36,37)/t26-,28-,29+,30+/m0/s1. The van der Waals surface area contributed by atoms with Crippen LogP contribution < -0.4 is 15.8 Å². The van der Waals surface area contributed by atoms with Crippen LogP contribution in [0.1, 0.15) is 103 Å². The SMILES string of the molecule is COc1cc2cc(c1O)CN1C(=O)C[C@H](CCNC(N)=NCSSCCCCCC[C@H](O)C[C@H](OC(C)=O)CC2)[C@H]1CCC(C)C. The molecular weight excluding hydrogens is 625 g/mol. The van der Waals surface area contributed by atoms with Gasteiger partial charge < -0.3 is 35.6 Å². The van der Waals surface area contributed by atoms with Crippen molar-refractivity contribution in [1.82, 2.24) is 10.2 Å². The minimum atomic E-state index is -0.549. The van der Waals surface area contributed by atoms with Gasteiger partial charge >= 0.3 is 5.97 Å².